The summed E-state index contributed by atoms with van der Waals surface area (Å²) >= 11 is 0. The Bertz CT molecular complexity index is 1240. The van der Waals surface area contributed by atoms with Gasteiger partial charge in [0, 0.05) is 13.1 Å². The molecule has 0 unspecified atom stereocenters. The summed E-state index contributed by atoms with van der Waals surface area (Å²) < 4.78 is 60.0. The van der Waals surface area contributed by atoms with Crippen molar-refractivity contribution in [1.29, 1.82) is 0 Å². The van der Waals surface area contributed by atoms with Crippen molar-refractivity contribution in [3.8, 4) is 0 Å². The molecular weight excluding hydrogens is 503 g/mol. The highest BCUT2D eigenvalue weighted by molar-refractivity contribution is 7.92. The van der Waals surface area contributed by atoms with Gasteiger partial charge in [-0.15, -0.1) is 0 Å². The Morgan fingerprint density at radius 3 is 2.06 bits per heavy atom. The summed E-state index contributed by atoms with van der Waals surface area (Å²) in [5.74, 6) is -2.90. The van der Waals surface area contributed by atoms with Gasteiger partial charge in [0.25, 0.3) is 10.0 Å². The average Bonchev–Trinajstić information content (AvgIpc) is 2.76. The lowest BCUT2D eigenvalue weighted by atomic mass is 9.99. The Kier molecular flexibility index (Phi) is 8.94. The third-order valence-electron chi connectivity index (χ3n) is 5.76. The number of rotatable bonds is 5. The SMILES string of the molecule is Cc1cc(C)c(S(=O)(=O)Nc2cnc(N3CCC(C)CC3)c(C(=O)O)c2)cc1C.O=C(O)C(F)(F)F. The molecular formula is C23H28F3N3O6S. The Labute approximate surface area is 207 Å². The molecule has 0 radical (unpaired) electrons. The number of aromatic nitrogens is 1. The van der Waals surface area contributed by atoms with Crippen LogP contribution in [0.25, 0.3) is 0 Å². The van der Waals surface area contributed by atoms with Crippen molar-refractivity contribution in [3.05, 3.63) is 46.6 Å². The highest BCUT2D eigenvalue weighted by Gasteiger charge is 2.38. The number of carbonyl (C=O) groups is 2. The molecule has 0 atom stereocenters. The van der Waals surface area contributed by atoms with Gasteiger partial charge in [-0.2, -0.15) is 13.2 Å². The van der Waals surface area contributed by atoms with Gasteiger partial charge < -0.3 is 15.1 Å². The molecule has 36 heavy (non-hydrogen) atoms. The number of benzene rings is 1. The fourth-order valence-electron chi connectivity index (χ4n) is 3.58. The number of aryl methyl sites for hydroxylation is 3. The zero-order valence-corrected chi connectivity index (χ0v) is 21.0. The van der Waals surface area contributed by atoms with Crippen LogP contribution in [0.3, 0.4) is 0 Å². The van der Waals surface area contributed by atoms with E-state index in [0.717, 1.165) is 37.1 Å². The molecule has 2 heterocycles. The van der Waals surface area contributed by atoms with E-state index in [1.807, 2.05) is 24.8 Å². The van der Waals surface area contributed by atoms with Gasteiger partial charge in [-0.25, -0.2) is 23.0 Å². The third-order valence-corrected chi connectivity index (χ3v) is 7.28. The highest BCUT2D eigenvalue weighted by Crippen LogP contribution is 2.28. The summed E-state index contributed by atoms with van der Waals surface area (Å²) in [6.07, 6.45) is -1.75. The standard InChI is InChI=1S/C21H27N3O4S.C2HF3O2/c1-13-5-7-24(8-6-13)20-18(21(25)26)11-17(12-22-20)23-29(27,28)19-10-15(3)14(2)9-16(19)4;3-2(4,5)1(6)7/h9-13,23H,5-8H2,1-4H3,(H,25,26);(H,6,7). The molecule has 0 spiro atoms. The summed E-state index contributed by atoms with van der Waals surface area (Å²) in [6.45, 7) is 9.17. The van der Waals surface area contributed by atoms with E-state index in [-0.39, 0.29) is 16.1 Å². The monoisotopic (exact) mass is 531 g/mol. The summed E-state index contributed by atoms with van der Waals surface area (Å²) in [5, 5.41) is 16.8. The average molecular weight is 532 g/mol. The van der Waals surface area contributed by atoms with Crippen LogP contribution in [0, 0.1) is 26.7 Å². The number of nitrogens with zero attached hydrogens (tertiary/aromatic N) is 2. The second-order valence-corrected chi connectivity index (χ2v) is 10.3. The van der Waals surface area contributed by atoms with Gasteiger partial charge in [-0.3, -0.25) is 4.72 Å². The first-order chi connectivity index (χ1) is 16.5. The quantitative estimate of drug-likeness (QED) is 0.517. The minimum Gasteiger partial charge on any atom is -0.478 e. The summed E-state index contributed by atoms with van der Waals surface area (Å²) in [6, 6.07) is 4.80. The molecule has 3 rings (SSSR count). The Morgan fingerprint density at radius 2 is 1.56 bits per heavy atom. The fourth-order valence-corrected chi connectivity index (χ4v) is 4.92. The van der Waals surface area contributed by atoms with Crippen LogP contribution in [0.15, 0.2) is 29.3 Å². The summed E-state index contributed by atoms with van der Waals surface area (Å²) in [7, 11) is -3.87. The zero-order chi connectivity index (χ0) is 27.4. The van der Waals surface area contributed by atoms with Crippen molar-refractivity contribution >= 4 is 33.5 Å². The number of alkyl halides is 3. The predicted molar refractivity (Wildman–Crippen MR) is 127 cm³/mol. The van der Waals surface area contributed by atoms with Crippen LogP contribution in [0.5, 0.6) is 0 Å². The predicted octanol–water partition coefficient (Wildman–Crippen LogP) is 4.38. The molecule has 198 valence electrons. The molecule has 1 aromatic heterocycles. The molecule has 1 aliphatic rings. The third kappa shape index (κ3) is 7.33. The van der Waals surface area contributed by atoms with E-state index in [1.165, 1.54) is 12.3 Å². The second-order valence-electron chi connectivity index (χ2n) is 8.68. The van der Waals surface area contributed by atoms with Crippen molar-refractivity contribution in [2.75, 3.05) is 22.7 Å². The first kappa shape index (κ1) is 28.9. The van der Waals surface area contributed by atoms with Crippen molar-refractivity contribution in [3.63, 3.8) is 0 Å². The van der Waals surface area contributed by atoms with Crippen LogP contribution in [-0.4, -0.2) is 54.8 Å². The number of hydrogen-bond donors (Lipinski definition) is 3. The molecule has 0 aliphatic carbocycles. The van der Waals surface area contributed by atoms with E-state index in [1.54, 1.807) is 13.0 Å². The lowest BCUT2D eigenvalue weighted by molar-refractivity contribution is -0.192. The molecule has 13 heteroatoms. The fraction of sp³-hybridized carbons (Fsp3) is 0.435. The molecule has 9 nitrogen and oxygen atoms in total. The molecule has 0 saturated carbocycles. The van der Waals surface area contributed by atoms with Gasteiger partial charge in [0.05, 0.1) is 16.8 Å². The van der Waals surface area contributed by atoms with Crippen LogP contribution in [0.2, 0.25) is 0 Å². The van der Waals surface area contributed by atoms with Crippen molar-refractivity contribution in [1.82, 2.24) is 4.98 Å². The van der Waals surface area contributed by atoms with E-state index < -0.39 is 28.1 Å². The maximum atomic E-state index is 12.9. The number of aromatic carboxylic acids is 1. The van der Waals surface area contributed by atoms with Gasteiger partial charge in [-0.05, 0) is 68.4 Å². The second kappa shape index (κ2) is 11.1. The minimum atomic E-state index is -5.08. The Hall–Kier alpha value is -3.35. The molecule has 1 saturated heterocycles. The van der Waals surface area contributed by atoms with E-state index in [0.29, 0.717) is 17.3 Å². The number of halogens is 3. The van der Waals surface area contributed by atoms with Crippen LogP contribution < -0.4 is 9.62 Å². The number of carboxylic acid groups (broad SMARTS) is 2. The van der Waals surface area contributed by atoms with Gasteiger partial charge in [-0.1, -0.05) is 13.0 Å². The Balaban J connectivity index is 0.000000572. The number of hydrogen-bond acceptors (Lipinski definition) is 6. The Morgan fingerprint density at radius 1 is 1.03 bits per heavy atom. The maximum Gasteiger partial charge on any atom is 0.490 e. The molecule has 2 aromatic rings. The molecule has 3 N–H and O–H groups in total. The summed E-state index contributed by atoms with van der Waals surface area (Å²) in [4.78, 5) is 27.1. The van der Waals surface area contributed by atoms with Crippen molar-refractivity contribution in [2.24, 2.45) is 5.92 Å². The normalized spacial score (nSPS) is 14.6. The maximum absolute atomic E-state index is 12.9. The van der Waals surface area contributed by atoms with Gasteiger partial charge in [0.15, 0.2) is 0 Å². The van der Waals surface area contributed by atoms with E-state index in [9.17, 15) is 31.5 Å². The van der Waals surface area contributed by atoms with Crippen molar-refractivity contribution < 1.29 is 41.4 Å². The highest BCUT2D eigenvalue weighted by atomic mass is 32.2. The van der Waals surface area contributed by atoms with Crippen LogP contribution in [0.1, 0.15) is 46.8 Å². The number of aliphatic carboxylic acids is 1. The zero-order valence-electron chi connectivity index (χ0n) is 20.2. The largest absolute Gasteiger partial charge is 0.490 e. The van der Waals surface area contributed by atoms with E-state index in [4.69, 9.17) is 9.90 Å². The first-order valence-corrected chi connectivity index (χ1v) is 12.4. The molecule has 0 amide bonds. The summed E-state index contributed by atoms with van der Waals surface area (Å²) in [5.41, 5.74) is 2.64. The topological polar surface area (TPSA) is 137 Å². The molecule has 0 bridgehead atoms. The number of piperidine rings is 1. The molecule has 1 aliphatic heterocycles. The smallest absolute Gasteiger partial charge is 0.478 e. The lowest BCUT2D eigenvalue weighted by Gasteiger charge is -2.32. The molecule has 1 aromatic carbocycles. The number of anilines is 2. The lowest BCUT2D eigenvalue weighted by Crippen LogP contribution is -2.34. The van der Waals surface area contributed by atoms with Crippen LogP contribution in [-0.2, 0) is 14.8 Å². The number of sulfonamides is 1. The van der Waals surface area contributed by atoms with E-state index in [2.05, 4.69) is 16.6 Å². The minimum absolute atomic E-state index is 0.00318. The van der Waals surface area contributed by atoms with Gasteiger partial charge >= 0.3 is 18.1 Å². The molecule has 1 fully saturated rings. The first-order valence-electron chi connectivity index (χ1n) is 10.9. The van der Waals surface area contributed by atoms with Gasteiger partial charge in [0.2, 0.25) is 0 Å². The van der Waals surface area contributed by atoms with Crippen molar-refractivity contribution in [2.45, 2.75) is 51.6 Å². The van der Waals surface area contributed by atoms with E-state index >= 15 is 0 Å². The number of pyridine rings is 1. The van der Waals surface area contributed by atoms with Crippen LogP contribution >= 0.6 is 0 Å². The van der Waals surface area contributed by atoms with Gasteiger partial charge in [0.1, 0.15) is 11.4 Å². The van der Waals surface area contributed by atoms with Crippen LogP contribution in [0.4, 0.5) is 24.7 Å². The number of nitrogens with one attached hydrogen (secondary N) is 1. The number of carboxylic acids is 2.